The van der Waals surface area contributed by atoms with Crippen LogP contribution in [0, 0.1) is 0 Å². The highest BCUT2D eigenvalue weighted by atomic mass is 32.2. The molecule has 176 valence electrons. The first-order valence-corrected chi connectivity index (χ1v) is 11.7. The van der Waals surface area contributed by atoms with Gasteiger partial charge in [-0.1, -0.05) is 30.0 Å². The number of aromatic amines is 1. The molecule has 7 nitrogen and oxygen atoms in total. The molecule has 0 saturated carbocycles. The molecule has 1 amide bonds. The number of nitrogens with zero attached hydrogens (tertiary/aromatic N) is 3. The van der Waals surface area contributed by atoms with E-state index >= 15 is 0 Å². The van der Waals surface area contributed by atoms with Gasteiger partial charge in [-0.2, -0.15) is 13.2 Å². The highest BCUT2D eigenvalue weighted by molar-refractivity contribution is 7.99. The van der Waals surface area contributed by atoms with Crippen molar-refractivity contribution in [2.45, 2.75) is 24.2 Å². The van der Waals surface area contributed by atoms with Crippen LogP contribution in [0.15, 0.2) is 58.3 Å². The molecular weight excluding hydrogens is 467 g/mol. The van der Waals surface area contributed by atoms with Crippen LogP contribution in [0.5, 0.6) is 0 Å². The molecule has 2 N–H and O–H groups in total. The van der Waals surface area contributed by atoms with E-state index in [0.29, 0.717) is 11.6 Å². The summed E-state index contributed by atoms with van der Waals surface area (Å²) in [6.07, 6.45) is -0.812. The monoisotopic (exact) mass is 487 g/mol. The molecule has 1 fully saturated rings. The predicted molar refractivity (Wildman–Crippen MR) is 124 cm³/mol. The quantitative estimate of drug-likeness (QED) is 0.346. The van der Waals surface area contributed by atoms with Crippen molar-refractivity contribution in [3.63, 3.8) is 0 Å². The van der Waals surface area contributed by atoms with E-state index in [2.05, 4.69) is 20.5 Å². The van der Waals surface area contributed by atoms with Crippen LogP contribution in [0.25, 0.3) is 22.4 Å². The first-order valence-electron chi connectivity index (χ1n) is 10.7. The number of aromatic nitrogens is 3. The number of thioether (sulfide) groups is 1. The molecule has 0 spiro atoms. The second-order valence-corrected chi connectivity index (χ2v) is 8.81. The Hall–Kier alpha value is -3.47. The molecule has 4 aromatic rings. The van der Waals surface area contributed by atoms with Crippen LogP contribution in [-0.4, -0.2) is 39.9 Å². The van der Waals surface area contributed by atoms with Gasteiger partial charge >= 0.3 is 6.18 Å². The molecule has 5 rings (SSSR count). The lowest BCUT2D eigenvalue weighted by Crippen LogP contribution is -2.22. The van der Waals surface area contributed by atoms with Gasteiger partial charge in [0.2, 0.25) is 5.91 Å². The lowest BCUT2D eigenvalue weighted by molar-refractivity contribution is -0.137. The SMILES string of the molecule is O=C(CSc1nnc(-c2c[nH]c3ccccc23)o1)Nc1cc(C(F)(F)F)ccc1N1CCCC1. The Balaban J connectivity index is 1.28. The summed E-state index contributed by atoms with van der Waals surface area (Å²) < 4.78 is 45.4. The van der Waals surface area contributed by atoms with E-state index in [4.69, 9.17) is 4.42 Å². The van der Waals surface area contributed by atoms with Gasteiger partial charge in [-0.05, 0) is 37.1 Å². The average Bonchev–Trinajstić information content (AvgIpc) is 3.57. The highest BCUT2D eigenvalue weighted by Gasteiger charge is 2.32. The van der Waals surface area contributed by atoms with Gasteiger partial charge in [-0.25, -0.2) is 0 Å². The standard InChI is InChI=1S/C23H20F3N5O2S/c24-23(25,26)14-7-8-19(31-9-3-4-10-31)18(11-14)28-20(32)13-34-22-30-29-21(33-22)16-12-27-17-6-2-1-5-15(16)17/h1-2,5-8,11-12,27H,3-4,9-10,13H2,(H,28,32). The molecule has 0 unspecified atom stereocenters. The molecule has 2 aromatic carbocycles. The minimum absolute atomic E-state index is 0.0921. The Morgan fingerprint density at radius 1 is 1.15 bits per heavy atom. The Bertz CT molecular complexity index is 1330. The third kappa shape index (κ3) is 4.60. The largest absolute Gasteiger partial charge is 0.416 e. The van der Waals surface area contributed by atoms with E-state index in [0.717, 1.165) is 66.3 Å². The smallest absolute Gasteiger partial charge is 0.411 e. The van der Waals surface area contributed by atoms with Crippen molar-refractivity contribution in [1.29, 1.82) is 0 Å². The number of hydrogen-bond donors (Lipinski definition) is 2. The topological polar surface area (TPSA) is 87.0 Å². The summed E-state index contributed by atoms with van der Waals surface area (Å²) in [6, 6.07) is 11.1. The van der Waals surface area contributed by atoms with Crippen molar-refractivity contribution in [1.82, 2.24) is 15.2 Å². The van der Waals surface area contributed by atoms with Crippen LogP contribution in [-0.2, 0) is 11.0 Å². The minimum Gasteiger partial charge on any atom is -0.411 e. The number of H-pyrrole nitrogens is 1. The van der Waals surface area contributed by atoms with Crippen molar-refractivity contribution < 1.29 is 22.4 Å². The number of carbonyl (C=O) groups excluding carboxylic acids is 1. The van der Waals surface area contributed by atoms with E-state index in [1.807, 2.05) is 29.2 Å². The number of anilines is 2. The predicted octanol–water partition coefficient (Wildman–Crippen LogP) is 5.57. The molecule has 0 atom stereocenters. The van der Waals surface area contributed by atoms with Crippen LogP contribution in [0.3, 0.4) is 0 Å². The van der Waals surface area contributed by atoms with E-state index in [-0.39, 0.29) is 16.7 Å². The van der Waals surface area contributed by atoms with E-state index in [9.17, 15) is 18.0 Å². The van der Waals surface area contributed by atoms with E-state index < -0.39 is 17.6 Å². The summed E-state index contributed by atoms with van der Waals surface area (Å²) in [7, 11) is 0. The number of nitrogens with one attached hydrogen (secondary N) is 2. The summed E-state index contributed by atoms with van der Waals surface area (Å²) in [5, 5.41) is 11.8. The molecule has 1 aliphatic rings. The van der Waals surface area contributed by atoms with Crippen molar-refractivity contribution >= 4 is 39.9 Å². The third-order valence-corrected chi connectivity index (χ3v) is 6.42. The number of benzene rings is 2. The maximum Gasteiger partial charge on any atom is 0.416 e. The van der Waals surface area contributed by atoms with Crippen molar-refractivity contribution in [3.8, 4) is 11.5 Å². The normalized spacial score (nSPS) is 14.1. The number of para-hydroxylation sites is 1. The van der Waals surface area contributed by atoms with Gasteiger partial charge in [0.25, 0.3) is 11.1 Å². The Labute approximate surface area is 196 Å². The third-order valence-electron chi connectivity index (χ3n) is 5.60. The number of amides is 1. The number of halogens is 3. The van der Waals surface area contributed by atoms with Gasteiger partial charge in [0.15, 0.2) is 0 Å². The van der Waals surface area contributed by atoms with Gasteiger partial charge in [0, 0.05) is 30.2 Å². The van der Waals surface area contributed by atoms with Crippen molar-refractivity contribution in [2.75, 3.05) is 29.1 Å². The van der Waals surface area contributed by atoms with E-state index in [1.165, 1.54) is 6.07 Å². The first-order chi connectivity index (χ1) is 16.4. The Morgan fingerprint density at radius 2 is 1.94 bits per heavy atom. The number of alkyl halides is 3. The molecule has 3 heterocycles. The second kappa shape index (κ2) is 9.05. The maximum absolute atomic E-state index is 13.2. The minimum atomic E-state index is -4.50. The van der Waals surface area contributed by atoms with Crippen LogP contribution in [0.1, 0.15) is 18.4 Å². The lowest BCUT2D eigenvalue weighted by atomic mass is 10.1. The lowest BCUT2D eigenvalue weighted by Gasteiger charge is -2.22. The van der Waals surface area contributed by atoms with Gasteiger partial charge in [0.05, 0.1) is 28.3 Å². The summed E-state index contributed by atoms with van der Waals surface area (Å²) in [5.74, 6) is -0.239. The zero-order valence-electron chi connectivity index (χ0n) is 17.9. The number of carbonyl (C=O) groups is 1. The molecule has 11 heteroatoms. The highest BCUT2D eigenvalue weighted by Crippen LogP contribution is 2.37. The van der Waals surface area contributed by atoms with Crippen LogP contribution >= 0.6 is 11.8 Å². The van der Waals surface area contributed by atoms with Gasteiger partial charge < -0.3 is 19.6 Å². The second-order valence-electron chi connectivity index (χ2n) is 7.88. The zero-order valence-corrected chi connectivity index (χ0v) is 18.7. The molecule has 2 aromatic heterocycles. The van der Waals surface area contributed by atoms with Gasteiger partial charge in [-0.15, -0.1) is 10.2 Å². The van der Waals surface area contributed by atoms with Crippen molar-refractivity contribution in [2.24, 2.45) is 0 Å². The summed E-state index contributed by atoms with van der Waals surface area (Å²) in [6.45, 7) is 1.48. The fourth-order valence-corrected chi connectivity index (χ4v) is 4.55. The summed E-state index contributed by atoms with van der Waals surface area (Å²) >= 11 is 1.02. The molecule has 0 radical (unpaired) electrons. The Morgan fingerprint density at radius 3 is 2.74 bits per heavy atom. The summed E-state index contributed by atoms with van der Waals surface area (Å²) in [5.41, 5.74) is 1.60. The van der Waals surface area contributed by atoms with Crippen LogP contribution in [0.2, 0.25) is 0 Å². The fraction of sp³-hybridized carbons (Fsp3) is 0.261. The Kier molecular flexibility index (Phi) is 5.94. The van der Waals surface area contributed by atoms with Crippen molar-refractivity contribution in [3.05, 3.63) is 54.2 Å². The first kappa shape index (κ1) is 22.3. The summed E-state index contributed by atoms with van der Waals surface area (Å²) in [4.78, 5) is 17.7. The molecule has 1 saturated heterocycles. The van der Waals surface area contributed by atoms with Gasteiger partial charge in [-0.3, -0.25) is 4.79 Å². The molecular formula is C23H20F3N5O2S. The maximum atomic E-state index is 13.2. The number of hydrogen-bond acceptors (Lipinski definition) is 6. The van der Waals surface area contributed by atoms with Crippen LogP contribution < -0.4 is 10.2 Å². The number of rotatable bonds is 6. The fourth-order valence-electron chi connectivity index (χ4n) is 3.99. The molecule has 1 aliphatic heterocycles. The zero-order chi connectivity index (χ0) is 23.7. The average molecular weight is 488 g/mol. The van der Waals surface area contributed by atoms with E-state index in [1.54, 1.807) is 6.20 Å². The molecule has 0 bridgehead atoms. The molecule has 34 heavy (non-hydrogen) atoms. The molecule has 0 aliphatic carbocycles. The van der Waals surface area contributed by atoms with Gasteiger partial charge in [0.1, 0.15) is 0 Å². The van der Waals surface area contributed by atoms with Crippen LogP contribution in [0.4, 0.5) is 24.5 Å². The number of fused-ring (bicyclic) bond motifs is 1.